The fourth-order valence-electron chi connectivity index (χ4n) is 3.02. The van der Waals surface area contributed by atoms with Crippen LogP contribution in [0.2, 0.25) is 0 Å². The van der Waals surface area contributed by atoms with Gasteiger partial charge in [-0.15, -0.1) is 0 Å². The molecule has 1 aliphatic rings. The van der Waals surface area contributed by atoms with E-state index in [2.05, 4.69) is 0 Å². The van der Waals surface area contributed by atoms with E-state index in [4.69, 9.17) is 5.73 Å². The lowest BCUT2D eigenvalue weighted by atomic mass is 10.0. The summed E-state index contributed by atoms with van der Waals surface area (Å²) in [6.07, 6.45) is 3.16. The molecule has 0 radical (unpaired) electrons. The van der Waals surface area contributed by atoms with E-state index in [9.17, 15) is 9.18 Å². The number of hydrogen-bond donors (Lipinski definition) is 1. The second-order valence-electron chi connectivity index (χ2n) is 5.43. The van der Waals surface area contributed by atoms with E-state index >= 15 is 0 Å². The number of hydrogen-bond acceptors (Lipinski definition) is 2. The zero-order chi connectivity index (χ0) is 14.0. The molecule has 3 nitrogen and oxygen atoms in total. The standard InChI is InChI=1S/C15H21FN2O/c1-10-6-12(8-13(16)7-10)15(19)18(2)14-5-3-4-11(14)9-17/h6-8,11,14H,3-5,9,17H2,1-2H3. The molecular formula is C15H21FN2O. The van der Waals surface area contributed by atoms with Gasteiger partial charge in [0.1, 0.15) is 5.82 Å². The number of carbonyl (C=O) groups excluding carboxylic acids is 1. The first-order chi connectivity index (χ1) is 9.02. The van der Waals surface area contributed by atoms with E-state index in [-0.39, 0.29) is 17.8 Å². The van der Waals surface area contributed by atoms with Crippen LogP contribution >= 0.6 is 0 Å². The number of rotatable bonds is 3. The van der Waals surface area contributed by atoms with Crippen LogP contribution < -0.4 is 5.73 Å². The molecular weight excluding hydrogens is 243 g/mol. The molecule has 1 saturated carbocycles. The molecule has 2 rings (SSSR count). The van der Waals surface area contributed by atoms with Crippen LogP contribution in [0.25, 0.3) is 0 Å². The maximum atomic E-state index is 13.4. The van der Waals surface area contributed by atoms with Crippen molar-refractivity contribution in [1.82, 2.24) is 4.90 Å². The number of amides is 1. The summed E-state index contributed by atoms with van der Waals surface area (Å²) >= 11 is 0. The summed E-state index contributed by atoms with van der Waals surface area (Å²) < 4.78 is 13.4. The van der Waals surface area contributed by atoms with Crippen molar-refractivity contribution in [3.05, 3.63) is 35.1 Å². The molecule has 0 aromatic heterocycles. The average Bonchev–Trinajstić information content (AvgIpc) is 2.84. The molecule has 0 heterocycles. The van der Waals surface area contributed by atoms with Crippen LogP contribution in [0.15, 0.2) is 18.2 Å². The quantitative estimate of drug-likeness (QED) is 0.910. The van der Waals surface area contributed by atoms with Gasteiger partial charge in [-0.2, -0.15) is 0 Å². The smallest absolute Gasteiger partial charge is 0.253 e. The molecule has 104 valence electrons. The highest BCUT2D eigenvalue weighted by Gasteiger charge is 2.32. The molecule has 1 amide bonds. The first-order valence-corrected chi connectivity index (χ1v) is 6.77. The summed E-state index contributed by atoms with van der Waals surface area (Å²) in [7, 11) is 1.79. The van der Waals surface area contributed by atoms with Gasteiger partial charge in [0, 0.05) is 18.7 Å². The number of halogens is 1. The van der Waals surface area contributed by atoms with Crippen molar-refractivity contribution in [3.8, 4) is 0 Å². The fourth-order valence-corrected chi connectivity index (χ4v) is 3.02. The van der Waals surface area contributed by atoms with E-state index in [1.54, 1.807) is 24.9 Å². The second-order valence-corrected chi connectivity index (χ2v) is 5.43. The van der Waals surface area contributed by atoms with Crippen LogP contribution in [0.4, 0.5) is 4.39 Å². The molecule has 0 bridgehead atoms. The lowest BCUT2D eigenvalue weighted by Gasteiger charge is -2.29. The third kappa shape index (κ3) is 2.95. The summed E-state index contributed by atoms with van der Waals surface area (Å²) in [5.74, 6) is -0.116. The number of benzene rings is 1. The Balaban J connectivity index is 2.18. The summed E-state index contributed by atoms with van der Waals surface area (Å²) in [6, 6.07) is 4.64. The molecule has 2 atom stereocenters. The van der Waals surface area contributed by atoms with Crippen LogP contribution in [0, 0.1) is 18.7 Å². The molecule has 19 heavy (non-hydrogen) atoms. The number of aryl methyl sites for hydroxylation is 1. The van der Waals surface area contributed by atoms with Gasteiger partial charge in [0.2, 0.25) is 0 Å². The predicted molar refractivity (Wildman–Crippen MR) is 73.4 cm³/mol. The van der Waals surface area contributed by atoms with Crippen molar-refractivity contribution >= 4 is 5.91 Å². The summed E-state index contributed by atoms with van der Waals surface area (Å²) in [6.45, 7) is 2.39. The molecule has 1 aromatic rings. The highest BCUT2D eigenvalue weighted by molar-refractivity contribution is 5.94. The van der Waals surface area contributed by atoms with Crippen LogP contribution in [0.1, 0.15) is 35.2 Å². The monoisotopic (exact) mass is 264 g/mol. The van der Waals surface area contributed by atoms with E-state index in [0.717, 1.165) is 24.8 Å². The Kier molecular flexibility index (Phi) is 4.20. The van der Waals surface area contributed by atoms with E-state index < -0.39 is 0 Å². The highest BCUT2D eigenvalue weighted by atomic mass is 19.1. The Morgan fingerprint density at radius 1 is 1.42 bits per heavy atom. The molecule has 1 fully saturated rings. The zero-order valence-electron chi connectivity index (χ0n) is 11.5. The Hall–Kier alpha value is -1.42. The lowest BCUT2D eigenvalue weighted by molar-refractivity contribution is 0.0699. The zero-order valence-corrected chi connectivity index (χ0v) is 11.5. The third-order valence-electron chi connectivity index (χ3n) is 4.03. The largest absolute Gasteiger partial charge is 0.338 e. The van der Waals surface area contributed by atoms with Crippen LogP contribution in [-0.2, 0) is 0 Å². The van der Waals surface area contributed by atoms with E-state index in [1.165, 1.54) is 12.1 Å². The van der Waals surface area contributed by atoms with Crippen molar-refractivity contribution < 1.29 is 9.18 Å². The van der Waals surface area contributed by atoms with Crippen LogP contribution in [-0.4, -0.2) is 30.4 Å². The van der Waals surface area contributed by atoms with Crippen LogP contribution in [0.5, 0.6) is 0 Å². The van der Waals surface area contributed by atoms with Gasteiger partial charge in [-0.05, 0) is 56.0 Å². The van der Waals surface area contributed by atoms with Gasteiger partial charge in [-0.1, -0.05) is 6.42 Å². The van der Waals surface area contributed by atoms with Crippen LogP contribution in [0.3, 0.4) is 0 Å². The SMILES string of the molecule is Cc1cc(F)cc(C(=O)N(C)C2CCCC2CN)c1. The van der Waals surface area contributed by atoms with Crippen molar-refractivity contribution in [3.63, 3.8) is 0 Å². The summed E-state index contributed by atoms with van der Waals surface area (Å²) in [5, 5.41) is 0. The Morgan fingerprint density at radius 2 is 2.16 bits per heavy atom. The summed E-state index contributed by atoms with van der Waals surface area (Å²) in [5.41, 5.74) is 6.93. The first-order valence-electron chi connectivity index (χ1n) is 6.77. The second kappa shape index (κ2) is 5.70. The normalized spacial score (nSPS) is 22.5. The Bertz CT molecular complexity index is 455. The maximum Gasteiger partial charge on any atom is 0.253 e. The van der Waals surface area contributed by atoms with Gasteiger partial charge in [0.15, 0.2) is 0 Å². The maximum absolute atomic E-state index is 13.4. The first kappa shape index (κ1) is 14.0. The molecule has 1 aliphatic carbocycles. The minimum absolute atomic E-state index is 0.118. The third-order valence-corrected chi connectivity index (χ3v) is 4.03. The number of carbonyl (C=O) groups is 1. The Morgan fingerprint density at radius 3 is 2.79 bits per heavy atom. The Labute approximate surface area is 113 Å². The van der Waals surface area contributed by atoms with Gasteiger partial charge in [0.05, 0.1) is 0 Å². The molecule has 0 saturated heterocycles. The molecule has 2 unspecified atom stereocenters. The molecule has 0 aliphatic heterocycles. The van der Waals surface area contributed by atoms with Crippen molar-refractivity contribution in [2.45, 2.75) is 32.2 Å². The molecule has 4 heteroatoms. The predicted octanol–water partition coefficient (Wildman–Crippen LogP) is 2.33. The van der Waals surface area contributed by atoms with Crippen molar-refractivity contribution in [2.24, 2.45) is 11.7 Å². The summed E-state index contributed by atoms with van der Waals surface area (Å²) in [4.78, 5) is 14.2. The van der Waals surface area contributed by atoms with Gasteiger partial charge in [0.25, 0.3) is 5.91 Å². The average molecular weight is 264 g/mol. The van der Waals surface area contributed by atoms with Gasteiger partial charge in [-0.3, -0.25) is 4.79 Å². The van der Waals surface area contributed by atoms with Crippen molar-refractivity contribution in [2.75, 3.05) is 13.6 Å². The minimum Gasteiger partial charge on any atom is -0.338 e. The van der Waals surface area contributed by atoms with E-state index in [0.29, 0.717) is 18.0 Å². The molecule has 1 aromatic carbocycles. The van der Waals surface area contributed by atoms with E-state index in [1.807, 2.05) is 0 Å². The van der Waals surface area contributed by atoms with Gasteiger partial charge >= 0.3 is 0 Å². The molecule has 2 N–H and O–H groups in total. The van der Waals surface area contributed by atoms with Gasteiger partial charge < -0.3 is 10.6 Å². The fraction of sp³-hybridized carbons (Fsp3) is 0.533. The number of nitrogens with zero attached hydrogens (tertiary/aromatic N) is 1. The minimum atomic E-state index is -0.362. The topological polar surface area (TPSA) is 46.3 Å². The molecule has 0 spiro atoms. The van der Waals surface area contributed by atoms with Gasteiger partial charge in [-0.25, -0.2) is 4.39 Å². The van der Waals surface area contributed by atoms with Crippen molar-refractivity contribution in [1.29, 1.82) is 0 Å². The number of nitrogens with two attached hydrogens (primary N) is 1. The highest BCUT2D eigenvalue weighted by Crippen LogP contribution is 2.29. The lowest BCUT2D eigenvalue weighted by Crippen LogP contribution is -2.41.